The number of aliphatic hydroxyl groups excluding tert-OH is 1. The van der Waals surface area contributed by atoms with Gasteiger partial charge in [0.05, 0.1) is 18.6 Å². The average Bonchev–Trinajstić information content (AvgIpc) is 2.88. The molecule has 1 aromatic carbocycles. The first-order chi connectivity index (χ1) is 9.07. The molecule has 0 radical (unpaired) electrons. The molecule has 1 aliphatic rings. The molecule has 0 aliphatic carbocycles. The van der Waals surface area contributed by atoms with Crippen LogP contribution in [0.3, 0.4) is 0 Å². The van der Waals surface area contributed by atoms with Crippen molar-refractivity contribution in [1.29, 1.82) is 0 Å². The lowest BCUT2D eigenvalue weighted by Gasteiger charge is -2.26. The first kappa shape index (κ1) is 13.8. The molecule has 1 aliphatic heterocycles. The molecule has 1 saturated heterocycles. The zero-order chi connectivity index (χ0) is 13.9. The van der Waals surface area contributed by atoms with Gasteiger partial charge in [0.1, 0.15) is 5.75 Å². The predicted octanol–water partition coefficient (Wildman–Crippen LogP) is 1.18. The van der Waals surface area contributed by atoms with Crippen LogP contribution < -0.4 is 10.1 Å². The Balaban J connectivity index is 2.15. The van der Waals surface area contributed by atoms with E-state index in [-0.39, 0.29) is 6.42 Å². The molecule has 5 heteroatoms. The van der Waals surface area contributed by atoms with Crippen LogP contribution in [0.4, 0.5) is 0 Å². The Morgan fingerprint density at radius 2 is 2.37 bits per heavy atom. The number of rotatable bonds is 5. The fraction of sp³-hybridized carbons (Fsp3) is 0.500. The van der Waals surface area contributed by atoms with Crippen molar-refractivity contribution in [3.05, 3.63) is 29.8 Å². The SMILES string of the molecule is COc1cccc(C(O)CC2(C(=O)O)CCNC2)c1. The lowest BCUT2D eigenvalue weighted by atomic mass is 9.80. The van der Waals surface area contributed by atoms with Gasteiger partial charge in [-0.2, -0.15) is 0 Å². The second-order valence-corrected chi connectivity index (χ2v) is 5.01. The van der Waals surface area contributed by atoms with E-state index in [9.17, 15) is 15.0 Å². The predicted molar refractivity (Wildman–Crippen MR) is 70.1 cm³/mol. The fourth-order valence-electron chi connectivity index (χ4n) is 2.52. The number of nitrogens with one attached hydrogen (secondary N) is 1. The molecule has 2 rings (SSSR count). The van der Waals surface area contributed by atoms with Crippen LogP contribution in [-0.2, 0) is 4.79 Å². The van der Waals surface area contributed by atoms with E-state index in [1.54, 1.807) is 31.4 Å². The monoisotopic (exact) mass is 265 g/mol. The van der Waals surface area contributed by atoms with Crippen LogP contribution in [0.5, 0.6) is 5.75 Å². The van der Waals surface area contributed by atoms with E-state index in [0.717, 1.165) is 0 Å². The number of benzene rings is 1. The molecule has 0 saturated carbocycles. The lowest BCUT2D eigenvalue weighted by Crippen LogP contribution is -2.35. The van der Waals surface area contributed by atoms with Gasteiger partial charge in [-0.05, 0) is 37.1 Å². The smallest absolute Gasteiger partial charge is 0.311 e. The summed E-state index contributed by atoms with van der Waals surface area (Å²) < 4.78 is 5.11. The van der Waals surface area contributed by atoms with Gasteiger partial charge in [0.15, 0.2) is 0 Å². The summed E-state index contributed by atoms with van der Waals surface area (Å²) in [5.41, 5.74) is -0.186. The quantitative estimate of drug-likeness (QED) is 0.745. The van der Waals surface area contributed by atoms with E-state index < -0.39 is 17.5 Å². The Labute approximate surface area is 112 Å². The summed E-state index contributed by atoms with van der Waals surface area (Å²) in [5.74, 6) is -0.190. The second-order valence-electron chi connectivity index (χ2n) is 5.01. The van der Waals surface area contributed by atoms with Gasteiger partial charge in [0, 0.05) is 6.54 Å². The van der Waals surface area contributed by atoms with Crippen LogP contribution in [0, 0.1) is 5.41 Å². The van der Waals surface area contributed by atoms with Gasteiger partial charge in [0.25, 0.3) is 0 Å². The van der Waals surface area contributed by atoms with Crippen LogP contribution in [0.25, 0.3) is 0 Å². The first-order valence-electron chi connectivity index (χ1n) is 6.33. The van der Waals surface area contributed by atoms with Crippen LogP contribution in [0.1, 0.15) is 24.5 Å². The highest BCUT2D eigenvalue weighted by Gasteiger charge is 2.43. The minimum Gasteiger partial charge on any atom is -0.497 e. The van der Waals surface area contributed by atoms with Crippen molar-refractivity contribution in [3.8, 4) is 5.75 Å². The fourth-order valence-corrected chi connectivity index (χ4v) is 2.52. The highest BCUT2D eigenvalue weighted by Crippen LogP contribution is 2.36. The number of ether oxygens (including phenoxy) is 1. The third-order valence-corrected chi connectivity index (χ3v) is 3.76. The molecule has 0 amide bonds. The van der Waals surface area contributed by atoms with Crippen molar-refractivity contribution >= 4 is 5.97 Å². The number of hydrogen-bond acceptors (Lipinski definition) is 4. The Kier molecular flexibility index (Phi) is 4.07. The number of carbonyl (C=O) groups is 1. The Morgan fingerprint density at radius 3 is 2.95 bits per heavy atom. The van der Waals surface area contributed by atoms with Crippen LogP contribution >= 0.6 is 0 Å². The van der Waals surface area contributed by atoms with Crippen LogP contribution in [-0.4, -0.2) is 36.4 Å². The topological polar surface area (TPSA) is 78.8 Å². The lowest BCUT2D eigenvalue weighted by molar-refractivity contribution is -0.149. The molecule has 2 atom stereocenters. The third kappa shape index (κ3) is 2.88. The normalized spacial score (nSPS) is 24.1. The number of carboxylic acids is 1. The van der Waals surface area contributed by atoms with Gasteiger partial charge in [0.2, 0.25) is 0 Å². The number of aliphatic hydroxyl groups is 1. The largest absolute Gasteiger partial charge is 0.497 e. The van der Waals surface area contributed by atoms with Crippen LogP contribution in [0.2, 0.25) is 0 Å². The highest BCUT2D eigenvalue weighted by atomic mass is 16.5. The number of aliphatic carboxylic acids is 1. The highest BCUT2D eigenvalue weighted by molar-refractivity contribution is 5.75. The molecule has 0 spiro atoms. The summed E-state index contributed by atoms with van der Waals surface area (Å²) in [7, 11) is 1.56. The summed E-state index contributed by atoms with van der Waals surface area (Å²) in [6, 6.07) is 7.10. The molecule has 104 valence electrons. The summed E-state index contributed by atoms with van der Waals surface area (Å²) in [6.07, 6.45) is -0.0441. The molecule has 1 heterocycles. The average molecular weight is 265 g/mol. The number of carboxylic acid groups (broad SMARTS) is 1. The maximum atomic E-state index is 11.4. The van der Waals surface area contributed by atoms with E-state index >= 15 is 0 Å². The zero-order valence-electron chi connectivity index (χ0n) is 10.9. The van der Waals surface area contributed by atoms with Crippen molar-refractivity contribution in [1.82, 2.24) is 5.32 Å². The van der Waals surface area contributed by atoms with E-state index in [0.29, 0.717) is 30.8 Å². The van der Waals surface area contributed by atoms with Crippen LogP contribution in [0.15, 0.2) is 24.3 Å². The number of methoxy groups -OCH3 is 1. The number of hydrogen-bond donors (Lipinski definition) is 3. The van der Waals surface area contributed by atoms with E-state index in [1.807, 2.05) is 0 Å². The molecule has 2 unspecified atom stereocenters. The van der Waals surface area contributed by atoms with Gasteiger partial charge in [-0.15, -0.1) is 0 Å². The first-order valence-corrected chi connectivity index (χ1v) is 6.33. The molecule has 1 fully saturated rings. The maximum Gasteiger partial charge on any atom is 0.311 e. The van der Waals surface area contributed by atoms with Crippen molar-refractivity contribution in [2.24, 2.45) is 5.41 Å². The standard InChI is InChI=1S/C14H19NO4/c1-19-11-4-2-3-10(7-11)12(16)8-14(13(17)18)5-6-15-9-14/h2-4,7,12,15-16H,5-6,8-9H2,1H3,(H,17,18). The van der Waals surface area contributed by atoms with E-state index in [1.165, 1.54) is 0 Å². The summed E-state index contributed by atoms with van der Waals surface area (Å²) in [6.45, 7) is 1.08. The Bertz CT molecular complexity index is 455. The van der Waals surface area contributed by atoms with E-state index in [2.05, 4.69) is 5.32 Å². The van der Waals surface area contributed by atoms with Gasteiger partial charge >= 0.3 is 5.97 Å². The van der Waals surface area contributed by atoms with Gasteiger partial charge in [-0.3, -0.25) is 4.79 Å². The summed E-state index contributed by atoms with van der Waals surface area (Å²) >= 11 is 0. The van der Waals surface area contributed by atoms with Gasteiger partial charge in [-0.1, -0.05) is 12.1 Å². The molecular weight excluding hydrogens is 246 g/mol. The Hall–Kier alpha value is -1.59. The van der Waals surface area contributed by atoms with Gasteiger partial charge in [-0.25, -0.2) is 0 Å². The van der Waals surface area contributed by atoms with E-state index in [4.69, 9.17) is 4.74 Å². The minimum atomic E-state index is -0.873. The minimum absolute atomic E-state index is 0.211. The maximum absolute atomic E-state index is 11.4. The summed E-state index contributed by atoms with van der Waals surface area (Å²) in [5, 5.41) is 22.7. The molecular formula is C14H19NO4. The second kappa shape index (κ2) is 5.59. The van der Waals surface area contributed by atoms with Crippen molar-refractivity contribution < 1.29 is 19.7 Å². The molecule has 1 aromatic rings. The van der Waals surface area contributed by atoms with Gasteiger partial charge < -0.3 is 20.3 Å². The molecule has 0 bridgehead atoms. The van der Waals surface area contributed by atoms with Crippen molar-refractivity contribution in [2.75, 3.05) is 20.2 Å². The zero-order valence-corrected chi connectivity index (χ0v) is 10.9. The molecule has 3 N–H and O–H groups in total. The summed E-state index contributed by atoms with van der Waals surface area (Å²) in [4.78, 5) is 11.4. The third-order valence-electron chi connectivity index (χ3n) is 3.76. The molecule has 19 heavy (non-hydrogen) atoms. The molecule has 5 nitrogen and oxygen atoms in total. The Morgan fingerprint density at radius 1 is 1.58 bits per heavy atom. The molecule has 0 aromatic heterocycles. The van der Waals surface area contributed by atoms with Crippen molar-refractivity contribution in [3.63, 3.8) is 0 Å². The van der Waals surface area contributed by atoms with Crippen molar-refractivity contribution in [2.45, 2.75) is 18.9 Å².